The lowest BCUT2D eigenvalue weighted by Crippen LogP contribution is -2.35. The van der Waals surface area contributed by atoms with E-state index in [-0.39, 0.29) is 11.8 Å². The SMILES string of the molecule is CNc1cc2c(cc1C)nc1cc(C)c(N)cc1[n+]2-c1ccccc1CCCCCCNC(=O)c1ccc(-c2ccc(C(=O)NCCCCCCc3ccccc3-[n+]3c4cc(N)c(C)cc4nc4cc(C)c(NC)cc43)cc2)cc1. The van der Waals surface area contributed by atoms with Crippen LogP contribution in [0.1, 0.15) is 105 Å². The maximum absolute atomic E-state index is 13.2. The first-order chi connectivity index (χ1) is 38.9. The molecule has 0 bridgehead atoms. The Labute approximate surface area is 469 Å². The van der Waals surface area contributed by atoms with E-state index in [9.17, 15) is 9.59 Å². The highest BCUT2D eigenvalue weighted by Gasteiger charge is 2.26. The summed E-state index contributed by atoms with van der Waals surface area (Å²) in [6.45, 7) is 9.50. The number of hydrogen-bond acceptors (Lipinski definition) is 8. The van der Waals surface area contributed by atoms with Crippen LogP contribution in [0.15, 0.2) is 146 Å². The minimum Gasteiger partial charge on any atom is -0.398 e. The number of carbonyl (C=O) groups excluding carboxylic acids is 2. The van der Waals surface area contributed by atoms with E-state index >= 15 is 0 Å². The number of nitrogens with two attached hydrogens (primary N) is 2. The Balaban J connectivity index is 0.660. The lowest BCUT2D eigenvalue weighted by Gasteiger charge is -2.12. The molecule has 0 aliphatic heterocycles. The predicted octanol–water partition coefficient (Wildman–Crippen LogP) is 12.9. The van der Waals surface area contributed by atoms with Crippen molar-refractivity contribution in [2.75, 3.05) is 49.3 Å². The number of hydrogen-bond donors (Lipinski definition) is 6. The molecule has 2 aromatic heterocycles. The Morgan fingerprint density at radius 1 is 0.425 bits per heavy atom. The highest BCUT2D eigenvalue weighted by atomic mass is 16.2. The van der Waals surface area contributed by atoms with Gasteiger partial charge in [0.2, 0.25) is 33.4 Å². The van der Waals surface area contributed by atoms with Crippen LogP contribution in [0, 0.1) is 27.7 Å². The van der Waals surface area contributed by atoms with Gasteiger partial charge in [-0.2, -0.15) is 0 Å². The summed E-state index contributed by atoms with van der Waals surface area (Å²) in [7, 11) is 3.90. The number of unbranched alkanes of at least 4 members (excludes halogenated alkanes) is 6. The van der Waals surface area contributed by atoms with Crippen LogP contribution in [0.5, 0.6) is 0 Å². The molecular weight excluding hydrogens is 989 g/mol. The molecule has 0 radical (unpaired) electrons. The molecule has 10 rings (SSSR count). The number of fused-ring (bicyclic) bond motifs is 4. The quantitative estimate of drug-likeness (QED) is 0.0179. The van der Waals surface area contributed by atoms with Crippen LogP contribution in [-0.4, -0.2) is 49.0 Å². The number of nitrogen functional groups attached to an aromatic ring is 2. The number of aromatic nitrogens is 4. The molecule has 0 saturated heterocycles. The third-order valence-electron chi connectivity index (χ3n) is 15.8. The van der Waals surface area contributed by atoms with Gasteiger partial charge in [0.25, 0.3) is 11.8 Å². The normalized spacial score (nSPS) is 11.4. The molecule has 0 atom stereocenters. The van der Waals surface area contributed by atoms with E-state index in [0.717, 1.165) is 176 Å². The van der Waals surface area contributed by atoms with E-state index in [4.69, 9.17) is 21.4 Å². The topological polar surface area (TPSA) is 168 Å². The van der Waals surface area contributed by atoms with E-state index in [1.165, 1.54) is 11.1 Å². The fraction of sp³-hybridized carbons (Fsp3) is 0.265. The number of rotatable bonds is 21. The highest BCUT2D eigenvalue weighted by Crippen LogP contribution is 2.30. The molecule has 12 heteroatoms. The summed E-state index contributed by atoms with van der Waals surface area (Å²) in [6, 6.07) is 49.5. The lowest BCUT2D eigenvalue weighted by atomic mass is 10.0. The third kappa shape index (κ3) is 11.8. The first-order valence-corrected chi connectivity index (χ1v) is 28.3. The van der Waals surface area contributed by atoms with Crippen molar-refractivity contribution in [3.63, 3.8) is 0 Å². The van der Waals surface area contributed by atoms with Gasteiger partial charge in [0, 0.05) is 109 Å². The van der Waals surface area contributed by atoms with Crippen LogP contribution in [-0.2, 0) is 12.8 Å². The van der Waals surface area contributed by atoms with E-state index in [1.807, 2.05) is 88.6 Å². The van der Waals surface area contributed by atoms with Crippen LogP contribution in [0.25, 0.3) is 66.6 Å². The lowest BCUT2D eigenvalue weighted by molar-refractivity contribution is -0.539. The van der Waals surface area contributed by atoms with Crippen LogP contribution >= 0.6 is 0 Å². The second-order valence-electron chi connectivity index (χ2n) is 21.4. The largest absolute Gasteiger partial charge is 0.398 e. The standard InChI is InChI=1S/C68H72N10O2/c1-43-35-57-63(39-53(43)69)77(65-41-55(71-5)45(3)37-59(65)75-57)61-23-15-13-21-49(61)19-11-7-9-17-33-73-67(79)51-29-25-47(26-30-51)48-27-31-52(32-28-48)68(80)74-34-18-10-8-12-20-50-22-14-16-24-62(50)78-64-40-54(70)44(2)36-58(64)76-60-38-46(4)56(72-6)42-66(60)78/h13-16,21-32,35-42H,7-12,17-20,33-34H2,1-6H3,(H6,69,70,71,72,73,74,79,80)/p+2. The number of para-hydroxylation sites is 2. The summed E-state index contributed by atoms with van der Waals surface area (Å²) >= 11 is 0. The molecular formula is C68H74N10O2+2. The summed E-state index contributed by atoms with van der Waals surface area (Å²) in [5.74, 6) is -0.154. The number of amides is 2. The molecule has 10 aromatic rings. The number of aryl methyl sites for hydroxylation is 6. The van der Waals surface area contributed by atoms with Gasteiger partial charge in [0.15, 0.2) is 0 Å². The Bertz CT molecular complexity index is 3670. The van der Waals surface area contributed by atoms with Crippen LogP contribution < -0.4 is 41.9 Å². The summed E-state index contributed by atoms with van der Waals surface area (Å²) in [6.07, 6.45) is 9.84. The van der Waals surface area contributed by atoms with Gasteiger partial charge in [-0.25, -0.2) is 9.97 Å². The maximum Gasteiger partial charge on any atom is 0.251 e. The molecule has 0 aliphatic carbocycles. The Morgan fingerprint density at radius 2 is 0.775 bits per heavy atom. The molecule has 0 fully saturated rings. The fourth-order valence-corrected chi connectivity index (χ4v) is 11.1. The van der Waals surface area contributed by atoms with Gasteiger partial charge < -0.3 is 32.7 Å². The van der Waals surface area contributed by atoms with Crippen LogP contribution in [0.4, 0.5) is 22.7 Å². The molecule has 8 N–H and O–H groups in total. The number of benzene rings is 8. The van der Waals surface area contributed by atoms with Crippen molar-refractivity contribution >= 4 is 78.7 Å². The Morgan fingerprint density at radius 3 is 1.16 bits per heavy atom. The second kappa shape index (κ2) is 24.4. The minimum atomic E-state index is -0.0770. The molecule has 2 amide bonds. The molecule has 0 saturated carbocycles. The van der Waals surface area contributed by atoms with Crippen molar-refractivity contribution < 1.29 is 18.7 Å². The second-order valence-corrected chi connectivity index (χ2v) is 21.4. The first kappa shape index (κ1) is 54.5. The third-order valence-corrected chi connectivity index (χ3v) is 15.8. The van der Waals surface area contributed by atoms with Crippen molar-refractivity contribution in [1.29, 1.82) is 0 Å². The summed E-state index contributed by atoms with van der Waals surface area (Å²) in [4.78, 5) is 36.5. The van der Waals surface area contributed by atoms with Crippen LogP contribution in [0.3, 0.4) is 0 Å². The van der Waals surface area contributed by atoms with Gasteiger partial charge in [-0.05, 0) is 148 Å². The number of nitrogens with one attached hydrogen (secondary N) is 4. The average Bonchev–Trinajstić information content (AvgIpc) is 3.53. The van der Waals surface area contributed by atoms with E-state index in [0.29, 0.717) is 24.2 Å². The van der Waals surface area contributed by atoms with E-state index in [1.54, 1.807) is 0 Å². The summed E-state index contributed by atoms with van der Waals surface area (Å²) < 4.78 is 4.64. The smallest absolute Gasteiger partial charge is 0.251 e. The first-order valence-electron chi connectivity index (χ1n) is 28.3. The zero-order valence-corrected chi connectivity index (χ0v) is 47.1. The Kier molecular flexibility index (Phi) is 16.6. The predicted molar refractivity (Wildman–Crippen MR) is 329 cm³/mol. The number of carbonyl (C=O) groups is 2. The zero-order chi connectivity index (χ0) is 55.9. The summed E-state index contributed by atoms with van der Waals surface area (Å²) in [5.41, 5.74) is 36.7. The van der Waals surface area contributed by atoms with Crippen molar-refractivity contribution in [2.45, 2.75) is 91.9 Å². The minimum absolute atomic E-state index is 0.0770. The molecule has 406 valence electrons. The Hall–Kier alpha value is -8.90. The fourth-order valence-electron chi connectivity index (χ4n) is 11.1. The van der Waals surface area contributed by atoms with Crippen LogP contribution in [0.2, 0.25) is 0 Å². The molecule has 8 aromatic carbocycles. The van der Waals surface area contributed by atoms with Crippen molar-refractivity contribution in [3.05, 3.63) is 190 Å². The number of anilines is 4. The van der Waals surface area contributed by atoms with Gasteiger partial charge in [-0.15, -0.1) is 9.13 Å². The van der Waals surface area contributed by atoms with Gasteiger partial charge in [-0.3, -0.25) is 9.59 Å². The van der Waals surface area contributed by atoms with Gasteiger partial charge >= 0.3 is 0 Å². The summed E-state index contributed by atoms with van der Waals surface area (Å²) in [5, 5.41) is 12.9. The van der Waals surface area contributed by atoms with Gasteiger partial charge in [0.1, 0.15) is 22.1 Å². The molecule has 12 nitrogen and oxygen atoms in total. The van der Waals surface area contributed by atoms with Crippen molar-refractivity contribution in [3.8, 4) is 22.5 Å². The highest BCUT2D eigenvalue weighted by molar-refractivity contribution is 5.96. The van der Waals surface area contributed by atoms with Crippen molar-refractivity contribution in [2.24, 2.45) is 0 Å². The van der Waals surface area contributed by atoms with E-state index < -0.39 is 0 Å². The average molecular weight is 1060 g/mol. The monoisotopic (exact) mass is 1060 g/mol. The molecule has 2 heterocycles. The molecule has 0 unspecified atom stereocenters. The molecule has 80 heavy (non-hydrogen) atoms. The van der Waals surface area contributed by atoms with Gasteiger partial charge in [-0.1, -0.05) is 86.3 Å². The van der Waals surface area contributed by atoms with Crippen molar-refractivity contribution in [1.82, 2.24) is 20.6 Å². The maximum atomic E-state index is 13.2. The number of nitrogens with zero attached hydrogens (tertiary/aromatic N) is 4. The molecule has 0 aliphatic rings. The molecule has 0 spiro atoms. The zero-order valence-electron chi connectivity index (χ0n) is 47.1. The van der Waals surface area contributed by atoms with Gasteiger partial charge in [0.05, 0.1) is 0 Å². The van der Waals surface area contributed by atoms with E-state index in [2.05, 4.69) is 129 Å².